The zero-order chi connectivity index (χ0) is 14.7. The summed E-state index contributed by atoms with van der Waals surface area (Å²) in [6.45, 7) is 10.1. The minimum absolute atomic E-state index is 0.703. The largest absolute Gasteiger partial charge is 0.354 e. The number of hydrogen-bond acceptors (Lipinski definition) is 4. The summed E-state index contributed by atoms with van der Waals surface area (Å²) in [5.74, 6) is 1.15. The van der Waals surface area contributed by atoms with Gasteiger partial charge in [0.25, 0.3) is 0 Å². The fourth-order valence-corrected chi connectivity index (χ4v) is 2.94. The van der Waals surface area contributed by atoms with Crippen LogP contribution < -0.4 is 10.2 Å². The highest BCUT2D eigenvalue weighted by Crippen LogP contribution is 2.20. The summed E-state index contributed by atoms with van der Waals surface area (Å²) in [6.07, 6.45) is 5.88. The monoisotopic (exact) mass is 288 g/mol. The number of hydrogen-bond donors (Lipinski definition) is 1. The van der Waals surface area contributed by atoms with Gasteiger partial charge in [0.1, 0.15) is 5.82 Å². The molecule has 0 radical (unpaired) electrons. The maximum Gasteiger partial charge on any atom is 0.128 e. The van der Waals surface area contributed by atoms with Crippen LogP contribution in [0, 0.1) is 0 Å². The van der Waals surface area contributed by atoms with Crippen LogP contribution in [0.15, 0.2) is 18.3 Å². The average molecular weight is 288 g/mol. The van der Waals surface area contributed by atoms with Crippen LogP contribution >= 0.6 is 0 Å². The Hall–Kier alpha value is -1.13. The van der Waals surface area contributed by atoms with Crippen LogP contribution in [0.5, 0.6) is 0 Å². The molecule has 0 bridgehead atoms. The first-order chi connectivity index (χ1) is 10.3. The van der Waals surface area contributed by atoms with Gasteiger partial charge in [-0.15, -0.1) is 0 Å². The molecule has 1 atom stereocenters. The summed E-state index contributed by atoms with van der Waals surface area (Å²) in [6, 6.07) is 5.86. The zero-order valence-corrected chi connectivity index (χ0v) is 13.4. The van der Waals surface area contributed by atoms with Crippen molar-refractivity contribution < 1.29 is 0 Å². The molecule has 1 aliphatic carbocycles. The lowest BCUT2D eigenvalue weighted by Crippen LogP contribution is -2.49. The predicted octanol–water partition coefficient (Wildman–Crippen LogP) is 2.25. The molecule has 2 fully saturated rings. The highest BCUT2D eigenvalue weighted by atomic mass is 15.3. The number of rotatable bonds is 6. The molecule has 1 aromatic heterocycles. The van der Waals surface area contributed by atoms with Crippen molar-refractivity contribution in [2.24, 2.45) is 0 Å². The van der Waals surface area contributed by atoms with Crippen molar-refractivity contribution in [1.82, 2.24) is 15.2 Å². The van der Waals surface area contributed by atoms with E-state index in [1.54, 1.807) is 0 Å². The molecule has 1 N–H and O–H groups in total. The Balaban J connectivity index is 1.55. The summed E-state index contributed by atoms with van der Waals surface area (Å²) < 4.78 is 0. The molecule has 2 aliphatic rings. The molecule has 3 rings (SSSR count). The standard InChI is InChI=1S/C17H28N4/c1-3-14(2)20-8-10-21(11-9-20)17-12-15(6-7-18-17)13-19-16-4-5-16/h6-7,12,14,16,19H,3-5,8-11,13H2,1-2H3. The van der Waals surface area contributed by atoms with E-state index in [0.717, 1.165) is 44.6 Å². The molecule has 4 heteroatoms. The summed E-state index contributed by atoms with van der Waals surface area (Å²) in [7, 11) is 0. The molecule has 4 nitrogen and oxygen atoms in total. The lowest BCUT2D eigenvalue weighted by Gasteiger charge is -2.38. The lowest BCUT2D eigenvalue weighted by molar-refractivity contribution is 0.192. The van der Waals surface area contributed by atoms with Gasteiger partial charge in [-0.1, -0.05) is 6.92 Å². The number of nitrogens with one attached hydrogen (secondary N) is 1. The van der Waals surface area contributed by atoms with E-state index in [2.05, 4.69) is 46.1 Å². The first kappa shape index (κ1) is 14.8. The molecule has 0 amide bonds. The van der Waals surface area contributed by atoms with E-state index in [9.17, 15) is 0 Å². The predicted molar refractivity (Wildman–Crippen MR) is 87.6 cm³/mol. The van der Waals surface area contributed by atoms with Crippen LogP contribution in [-0.2, 0) is 6.54 Å². The molecule has 1 saturated carbocycles. The molecule has 2 heterocycles. The van der Waals surface area contributed by atoms with Crippen molar-refractivity contribution in [3.63, 3.8) is 0 Å². The van der Waals surface area contributed by atoms with Crippen LogP contribution in [0.1, 0.15) is 38.7 Å². The maximum absolute atomic E-state index is 4.58. The van der Waals surface area contributed by atoms with Gasteiger partial charge >= 0.3 is 0 Å². The van der Waals surface area contributed by atoms with Crippen LogP contribution in [0.3, 0.4) is 0 Å². The summed E-state index contributed by atoms with van der Waals surface area (Å²) in [5.41, 5.74) is 1.36. The highest BCUT2D eigenvalue weighted by Gasteiger charge is 2.22. The second kappa shape index (κ2) is 6.75. The van der Waals surface area contributed by atoms with Gasteiger partial charge in [0.15, 0.2) is 0 Å². The minimum atomic E-state index is 0.703. The fraction of sp³-hybridized carbons (Fsp3) is 0.706. The van der Waals surface area contributed by atoms with Gasteiger partial charge in [0, 0.05) is 51.0 Å². The molecule has 21 heavy (non-hydrogen) atoms. The molecule has 1 aliphatic heterocycles. The Morgan fingerprint density at radius 1 is 1.29 bits per heavy atom. The number of pyridine rings is 1. The summed E-state index contributed by atoms with van der Waals surface area (Å²) in [5, 5.41) is 3.58. The van der Waals surface area contributed by atoms with Crippen molar-refractivity contribution >= 4 is 5.82 Å². The van der Waals surface area contributed by atoms with Gasteiger partial charge in [-0.3, -0.25) is 4.90 Å². The summed E-state index contributed by atoms with van der Waals surface area (Å²) >= 11 is 0. The number of aromatic nitrogens is 1. The lowest BCUT2D eigenvalue weighted by atomic mass is 10.2. The van der Waals surface area contributed by atoms with E-state index in [1.165, 1.54) is 24.8 Å². The summed E-state index contributed by atoms with van der Waals surface area (Å²) in [4.78, 5) is 9.60. The van der Waals surface area contributed by atoms with Crippen molar-refractivity contribution in [3.8, 4) is 0 Å². The smallest absolute Gasteiger partial charge is 0.128 e. The molecule has 0 aromatic carbocycles. The van der Waals surface area contributed by atoms with E-state index >= 15 is 0 Å². The van der Waals surface area contributed by atoms with Gasteiger partial charge in [-0.05, 0) is 43.9 Å². The van der Waals surface area contributed by atoms with Crippen LogP contribution in [-0.4, -0.2) is 48.1 Å². The molecular formula is C17H28N4. The van der Waals surface area contributed by atoms with Gasteiger partial charge in [0.2, 0.25) is 0 Å². The number of nitrogens with zero attached hydrogens (tertiary/aromatic N) is 3. The van der Waals surface area contributed by atoms with Crippen molar-refractivity contribution in [2.75, 3.05) is 31.1 Å². The minimum Gasteiger partial charge on any atom is -0.354 e. The first-order valence-electron chi connectivity index (χ1n) is 8.43. The van der Waals surface area contributed by atoms with Gasteiger partial charge in [-0.25, -0.2) is 4.98 Å². The quantitative estimate of drug-likeness (QED) is 0.870. The Labute approximate surface area is 128 Å². The molecule has 1 unspecified atom stereocenters. The van der Waals surface area contributed by atoms with E-state index in [0.29, 0.717) is 6.04 Å². The Kier molecular flexibility index (Phi) is 4.76. The van der Waals surface area contributed by atoms with Crippen molar-refractivity contribution in [1.29, 1.82) is 0 Å². The van der Waals surface area contributed by atoms with E-state index in [-0.39, 0.29) is 0 Å². The second-order valence-electron chi connectivity index (χ2n) is 6.46. The van der Waals surface area contributed by atoms with Crippen LogP contribution in [0.2, 0.25) is 0 Å². The molecule has 1 aromatic rings. The van der Waals surface area contributed by atoms with Gasteiger partial charge in [-0.2, -0.15) is 0 Å². The van der Waals surface area contributed by atoms with Crippen LogP contribution in [0.25, 0.3) is 0 Å². The topological polar surface area (TPSA) is 31.4 Å². The number of anilines is 1. The normalized spacial score (nSPS) is 21.5. The number of piperazine rings is 1. The van der Waals surface area contributed by atoms with Crippen molar-refractivity contribution in [3.05, 3.63) is 23.9 Å². The molecule has 1 saturated heterocycles. The first-order valence-corrected chi connectivity index (χ1v) is 8.43. The van der Waals surface area contributed by atoms with E-state index < -0.39 is 0 Å². The van der Waals surface area contributed by atoms with Crippen LogP contribution in [0.4, 0.5) is 5.82 Å². The highest BCUT2D eigenvalue weighted by molar-refractivity contribution is 5.41. The molecule has 0 spiro atoms. The third-order valence-electron chi connectivity index (χ3n) is 4.83. The van der Waals surface area contributed by atoms with Gasteiger partial charge in [0.05, 0.1) is 0 Å². The average Bonchev–Trinajstić information content (AvgIpc) is 3.37. The van der Waals surface area contributed by atoms with E-state index in [1.807, 2.05) is 6.20 Å². The molecule has 116 valence electrons. The second-order valence-corrected chi connectivity index (χ2v) is 6.46. The Morgan fingerprint density at radius 3 is 2.71 bits per heavy atom. The van der Waals surface area contributed by atoms with Gasteiger partial charge < -0.3 is 10.2 Å². The fourth-order valence-electron chi connectivity index (χ4n) is 2.94. The molecular weight excluding hydrogens is 260 g/mol. The Bertz CT molecular complexity index is 450. The Morgan fingerprint density at radius 2 is 2.05 bits per heavy atom. The zero-order valence-electron chi connectivity index (χ0n) is 13.4. The SMILES string of the molecule is CCC(C)N1CCN(c2cc(CNC3CC3)ccn2)CC1. The third kappa shape index (κ3) is 3.95. The van der Waals surface area contributed by atoms with E-state index in [4.69, 9.17) is 0 Å². The van der Waals surface area contributed by atoms with Crippen molar-refractivity contribution in [2.45, 2.75) is 51.7 Å². The third-order valence-corrected chi connectivity index (χ3v) is 4.83. The maximum atomic E-state index is 4.58.